The van der Waals surface area contributed by atoms with Crippen LogP contribution in [0, 0.1) is 0 Å². The van der Waals surface area contributed by atoms with E-state index in [1.54, 1.807) is 12.4 Å². The monoisotopic (exact) mass is 297 g/mol. The molecule has 0 fully saturated rings. The zero-order valence-electron chi connectivity index (χ0n) is 11.8. The van der Waals surface area contributed by atoms with E-state index >= 15 is 0 Å². The van der Waals surface area contributed by atoms with Crippen LogP contribution in [-0.2, 0) is 6.54 Å². The Hall–Kier alpha value is -2.26. The van der Waals surface area contributed by atoms with Gasteiger partial charge in [0.2, 0.25) is 0 Å². The summed E-state index contributed by atoms with van der Waals surface area (Å²) in [4.78, 5) is 6.32. The molecule has 106 valence electrons. The van der Waals surface area contributed by atoms with E-state index in [0.29, 0.717) is 0 Å². The summed E-state index contributed by atoms with van der Waals surface area (Å²) in [6.07, 6.45) is 3.59. The summed E-state index contributed by atoms with van der Waals surface area (Å²) < 4.78 is 0. The lowest BCUT2D eigenvalue weighted by Crippen LogP contribution is -2.17. The lowest BCUT2D eigenvalue weighted by molar-refractivity contribution is 0.928. The van der Waals surface area contributed by atoms with E-state index in [1.165, 1.54) is 0 Å². The summed E-state index contributed by atoms with van der Waals surface area (Å²) in [5, 5.41) is 2.85. The summed E-state index contributed by atoms with van der Waals surface area (Å²) in [6, 6.07) is 13.8. The van der Waals surface area contributed by atoms with Crippen LogP contribution >= 0.6 is 11.6 Å². The average molecular weight is 298 g/mol. The normalized spacial score (nSPS) is 10.8. The first-order chi connectivity index (χ1) is 10.2. The van der Waals surface area contributed by atoms with Crippen molar-refractivity contribution in [3.63, 3.8) is 0 Å². The molecule has 3 nitrogen and oxygen atoms in total. The van der Waals surface area contributed by atoms with E-state index in [2.05, 4.69) is 16.9 Å². The number of hydrogen-bond acceptors (Lipinski definition) is 3. The molecule has 0 spiro atoms. The molecule has 2 aromatic carbocycles. The van der Waals surface area contributed by atoms with Gasteiger partial charge in [-0.25, -0.2) is 0 Å². The lowest BCUT2D eigenvalue weighted by Gasteiger charge is -2.22. The second kappa shape index (κ2) is 5.62. The fraction of sp³-hybridized carbons (Fsp3) is 0.118. The fourth-order valence-electron chi connectivity index (χ4n) is 2.50. The third kappa shape index (κ3) is 2.65. The Balaban J connectivity index is 2.01. The number of hydrogen-bond donors (Lipinski definition) is 1. The number of nitrogens with two attached hydrogens (primary N) is 1. The second-order valence-electron chi connectivity index (χ2n) is 5.04. The minimum atomic E-state index is 0.737. The van der Waals surface area contributed by atoms with Gasteiger partial charge < -0.3 is 10.6 Å². The molecule has 0 saturated carbocycles. The van der Waals surface area contributed by atoms with Crippen molar-refractivity contribution in [1.29, 1.82) is 0 Å². The van der Waals surface area contributed by atoms with Gasteiger partial charge in [-0.3, -0.25) is 4.98 Å². The third-order valence-electron chi connectivity index (χ3n) is 3.61. The molecular weight excluding hydrogens is 282 g/mol. The number of aromatic nitrogens is 1. The van der Waals surface area contributed by atoms with Gasteiger partial charge in [-0.2, -0.15) is 0 Å². The van der Waals surface area contributed by atoms with E-state index in [4.69, 9.17) is 17.3 Å². The van der Waals surface area contributed by atoms with Crippen molar-refractivity contribution in [1.82, 2.24) is 4.98 Å². The number of rotatable bonds is 3. The first-order valence-electron chi connectivity index (χ1n) is 6.73. The number of nitrogens with zero attached hydrogens (tertiary/aromatic N) is 2. The third-order valence-corrected chi connectivity index (χ3v) is 3.97. The zero-order valence-corrected chi connectivity index (χ0v) is 12.5. The topological polar surface area (TPSA) is 42.1 Å². The Labute approximate surface area is 129 Å². The molecule has 21 heavy (non-hydrogen) atoms. The molecule has 4 heteroatoms. The average Bonchev–Trinajstić information content (AvgIpc) is 2.50. The van der Waals surface area contributed by atoms with Crippen molar-refractivity contribution in [2.45, 2.75) is 6.54 Å². The van der Waals surface area contributed by atoms with E-state index in [1.807, 2.05) is 42.5 Å². The minimum absolute atomic E-state index is 0.737. The maximum Gasteiger partial charge on any atom is 0.0455 e. The van der Waals surface area contributed by atoms with Gasteiger partial charge in [0.05, 0.1) is 0 Å². The van der Waals surface area contributed by atoms with Gasteiger partial charge in [-0.1, -0.05) is 29.8 Å². The molecule has 1 heterocycles. The minimum Gasteiger partial charge on any atom is -0.398 e. The van der Waals surface area contributed by atoms with Crippen LogP contribution in [0.25, 0.3) is 10.8 Å². The summed E-state index contributed by atoms with van der Waals surface area (Å²) in [5.74, 6) is 0. The highest BCUT2D eigenvalue weighted by Gasteiger charge is 2.10. The number of fused-ring (bicyclic) bond motifs is 1. The largest absolute Gasteiger partial charge is 0.398 e. The number of benzene rings is 2. The van der Waals surface area contributed by atoms with Crippen molar-refractivity contribution < 1.29 is 0 Å². The standard InChI is InChI=1S/C17H16ClN3/c1-21(11-12-4-2-3-5-15(12)18)17-7-6-16(19)14-10-20-9-8-13(14)17/h2-10H,11,19H2,1H3. The van der Waals surface area contributed by atoms with Gasteiger partial charge in [-0.05, 0) is 29.8 Å². The second-order valence-corrected chi connectivity index (χ2v) is 5.45. The summed E-state index contributed by atoms with van der Waals surface area (Å²) in [6.45, 7) is 0.737. The van der Waals surface area contributed by atoms with Crippen LogP contribution in [0.5, 0.6) is 0 Å². The van der Waals surface area contributed by atoms with Gasteiger partial charge in [0, 0.05) is 53.2 Å². The van der Waals surface area contributed by atoms with Crippen molar-refractivity contribution >= 4 is 33.7 Å². The highest BCUT2D eigenvalue weighted by atomic mass is 35.5. The van der Waals surface area contributed by atoms with Crippen LogP contribution in [0.2, 0.25) is 5.02 Å². The van der Waals surface area contributed by atoms with Crippen LogP contribution in [0.1, 0.15) is 5.56 Å². The predicted molar refractivity (Wildman–Crippen MR) is 89.7 cm³/mol. The maximum absolute atomic E-state index is 6.24. The molecular formula is C17H16ClN3. The first-order valence-corrected chi connectivity index (χ1v) is 7.11. The van der Waals surface area contributed by atoms with E-state index in [9.17, 15) is 0 Å². The van der Waals surface area contributed by atoms with Gasteiger partial charge in [0.1, 0.15) is 0 Å². The number of nitrogen functional groups attached to an aromatic ring is 1. The smallest absolute Gasteiger partial charge is 0.0455 e. The maximum atomic E-state index is 6.24. The highest BCUT2D eigenvalue weighted by Crippen LogP contribution is 2.31. The molecule has 0 unspecified atom stereocenters. The Morgan fingerprint density at radius 3 is 2.71 bits per heavy atom. The molecule has 1 aromatic heterocycles. The summed E-state index contributed by atoms with van der Waals surface area (Å²) >= 11 is 6.24. The molecule has 3 aromatic rings. The van der Waals surface area contributed by atoms with E-state index in [-0.39, 0.29) is 0 Å². The van der Waals surface area contributed by atoms with Gasteiger partial charge in [0.15, 0.2) is 0 Å². The van der Waals surface area contributed by atoms with Gasteiger partial charge >= 0.3 is 0 Å². The molecule has 0 bridgehead atoms. The van der Waals surface area contributed by atoms with Gasteiger partial charge in [-0.15, -0.1) is 0 Å². The van der Waals surface area contributed by atoms with Crippen LogP contribution in [-0.4, -0.2) is 12.0 Å². The molecule has 0 amide bonds. The van der Waals surface area contributed by atoms with Crippen molar-refractivity contribution in [3.05, 3.63) is 65.4 Å². The number of pyridine rings is 1. The van der Waals surface area contributed by atoms with Crippen molar-refractivity contribution in [2.75, 3.05) is 17.7 Å². The Morgan fingerprint density at radius 1 is 1.10 bits per heavy atom. The summed E-state index contributed by atoms with van der Waals surface area (Å²) in [7, 11) is 2.05. The van der Waals surface area contributed by atoms with Crippen LogP contribution in [0.4, 0.5) is 11.4 Å². The molecule has 0 aliphatic heterocycles. The van der Waals surface area contributed by atoms with Crippen LogP contribution in [0.15, 0.2) is 54.9 Å². The molecule has 0 aliphatic rings. The Morgan fingerprint density at radius 2 is 1.90 bits per heavy atom. The van der Waals surface area contributed by atoms with E-state index in [0.717, 1.165) is 39.3 Å². The first kappa shape index (κ1) is 13.7. The molecule has 0 saturated heterocycles. The quantitative estimate of drug-likeness (QED) is 0.740. The van der Waals surface area contributed by atoms with Crippen molar-refractivity contribution in [2.24, 2.45) is 0 Å². The molecule has 0 aliphatic carbocycles. The fourth-order valence-corrected chi connectivity index (χ4v) is 2.69. The van der Waals surface area contributed by atoms with Crippen molar-refractivity contribution in [3.8, 4) is 0 Å². The van der Waals surface area contributed by atoms with E-state index < -0.39 is 0 Å². The highest BCUT2D eigenvalue weighted by molar-refractivity contribution is 6.31. The van der Waals surface area contributed by atoms with Crippen LogP contribution < -0.4 is 10.6 Å². The number of halogens is 1. The van der Waals surface area contributed by atoms with Crippen LogP contribution in [0.3, 0.4) is 0 Å². The van der Waals surface area contributed by atoms with Gasteiger partial charge in [0.25, 0.3) is 0 Å². The Bertz CT molecular complexity index is 786. The Kier molecular flexibility index (Phi) is 3.67. The molecule has 0 radical (unpaired) electrons. The summed E-state index contributed by atoms with van der Waals surface area (Å²) in [5.41, 5.74) is 8.98. The molecule has 0 atom stereocenters. The molecule has 3 rings (SSSR count). The SMILES string of the molecule is CN(Cc1ccccc1Cl)c1ccc(N)c2cnccc12. The zero-order chi connectivity index (χ0) is 14.8. The predicted octanol–water partition coefficient (Wildman–Crippen LogP) is 4.11. The lowest BCUT2D eigenvalue weighted by atomic mass is 10.1. The number of anilines is 2. The molecule has 2 N–H and O–H groups in total.